The average molecular weight is 476 g/mol. The van der Waals surface area contributed by atoms with Crippen LogP contribution in [0, 0.1) is 0 Å². The fourth-order valence-electron chi connectivity index (χ4n) is 4.15. The van der Waals surface area contributed by atoms with Gasteiger partial charge in [0, 0.05) is 31.0 Å². The number of Topliss-reactive ketones (excluding diaryl/α,β-unsaturated/α-hetero) is 1. The van der Waals surface area contributed by atoms with Crippen molar-refractivity contribution in [2.24, 2.45) is 0 Å². The minimum absolute atomic E-state index is 0.0169. The van der Waals surface area contributed by atoms with Gasteiger partial charge >= 0.3 is 5.97 Å². The van der Waals surface area contributed by atoms with Crippen molar-refractivity contribution in [3.05, 3.63) is 89.5 Å². The number of nitrogens with zero attached hydrogens (tertiary/aromatic N) is 3. The third kappa shape index (κ3) is 4.79. The van der Waals surface area contributed by atoms with E-state index in [2.05, 4.69) is 4.98 Å². The number of amides is 1. The molecule has 9 nitrogen and oxygen atoms in total. The Hall–Kier alpha value is -4.40. The third-order valence-corrected chi connectivity index (χ3v) is 5.91. The summed E-state index contributed by atoms with van der Waals surface area (Å²) in [5.41, 5.74) is 1.26. The molecule has 3 aromatic rings. The number of ether oxygens (including phenoxy) is 2. The average Bonchev–Trinajstić information content (AvgIpc) is 3.50. The van der Waals surface area contributed by atoms with Gasteiger partial charge in [-0.2, -0.15) is 0 Å². The fraction of sp³-hybridized carbons (Fsp3) is 0.231. The molecule has 1 atom stereocenters. The molecule has 1 amide bonds. The van der Waals surface area contributed by atoms with Crippen LogP contribution in [0.25, 0.3) is 5.76 Å². The van der Waals surface area contributed by atoms with E-state index in [4.69, 9.17) is 9.47 Å². The molecule has 1 unspecified atom stereocenters. The van der Waals surface area contributed by atoms with E-state index in [0.717, 1.165) is 0 Å². The predicted octanol–water partition coefficient (Wildman–Crippen LogP) is 3.19. The van der Waals surface area contributed by atoms with Crippen molar-refractivity contribution in [3.63, 3.8) is 0 Å². The Morgan fingerprint density at radius 3 is 2.49 bits per heavy atom. The van der Waals surface area contributed by atoms with E-state index >= 15 is 0 Å². The first-order chi connectivity index (χ1) is 16.9. The molecule has 2 aromatic carbocycles. The first-order valence-electron chi connectivity index (χ1n) is 11.0. The molecule has 2 heterocycles. The lowest BCUT2D eigenvalue weighted by Gasteiger charge is -2.25. The highest BCUT2D eigenvalue weighted by Crippen LogP contribution is 2.40. The maximum absolute atomic E-state index is 13.2. The summed E-state index contributed by atoms with van der Waals surface area (Å²) in [6.07, 6.45) is 5.74. The summed E-state index contributed by atoms with van der Waals surface area (Å²) < 4.78 is 11.9. The number of likely N-dealkylation sites (tertiary alicyclic amines) is 1. The van der Waals surface area contributed by atoms with E-state index in [1.165, 1.54) is 19.1 Å². The van der Waals surface area contributed by atoms with E-state index in [9.17, 15) is 19.5 Å². The lowest BCUT2D eigenvalue weighted by atomic mass is 9.94. The highest BCUT2D eigenvalue weighted by molar-refractivity contribution is 6.46. The monoisotopic (exact) mass is 475 g/mol. The van der Waals surface area contributed by atoms with Gasteiger partial charge < -0.3 is 24.0 Å². The molecule has 1 N–H and O–H groups in total. The van der Waals surface area contributed by atoms with Gasteiger partial charge in [-0.05, 0) is 36.2 Å². The molecule has 4 rings (SSSR count). The van der Waals surface area contributed by atoms with E-state index in [0.29, 0.717) is 35.4 Å². The summed E-state index contributed by atoms with van der Waals surface area (Å²) in [6, 6.07) is 12.3. The van der Waals surface area contributed by atoms with E-state index in [1.807, 2.05) is 10.8 Å². The van der Waals surface area contributed by atoms with Crippen molar-refractivity contribution in [2.45, 2.75) is 19.0 Å². The highest BCUT2D eigenvalue weighted by Gasteiger charge is 2.45. The Bertz CT molecular complexity index is 1260. The number of rotatable bonds is 8. The lowest BCUT2D eigenvalue weighted by Crippen LogP contribution is -2.31. The molecular formula is C26H25N3O6. The largest absolute Gasteiger partial charge is 0.507 e. The summed E-state index contributed by atoms with van der Waals surface area (Å²) in [5.74, 6) is -1.75. The Labute approximate surface area is 202 Å². The number of imidazole rings is 1. The minimum atomic E-state index is -0.823. The number of aromatic nitrogens is 2. The fourth-order valence-corrected chi connectivity index (χ4v) is 4.15. The van der Waals surface area contributed by atoms with Gasteiger partial charge in [0.2, 0.25) is 0 Å². The number of ketones is 1. The number of methoxy groups -OCH3 is 2. The van der Waals surface area contributed by atoms with Gasteiger partial charge in [-0.25, -0.2) is 9.78 Å². The number of aliphatic hydroxyl groups is 1. The zero-order chi connectivity index (χ0) is 24.9. The summed E-state index contributed by atoms with van der Waals surface area (Å²) in [7, 11) is 2.79. The number of aryl methyl sites for hydroxylation is 1. The molecule has 0 saturated carbocycles. The summed E-state index contributed by atoms with van der Waals surface area (Å²) >= 11 is 0. The van der Waals surface area contributed by atoms with E-state index < -0.39 is 23.7 Å². The van der Waals surface area contributed by atoms with Crippen LogP contribution >= 0.6 is 0 Å². The molecule has 0 bridgehead atoms. The zero-order valence-electron chi connectivity index (χ0n) is 19.4. The van der Waals surface area contributed by atoms with Gasteiger partial charge in [-0.15, -0.1) is 0 Å². The Morgan fingerprint density at radius 1 is 1.06 bits per heavy atom. The standard InChI is InChI=1S/C26H25N3O6/c1-34-20-6-3-5-19(15-20)23(30)21-22(17-7-9-18(10-8-17)26(33)35-2)29(25(32)24(21)31)13-4-12-28-14-11-27-16-28/h3,5-11,14-16,22,30H,4,12-13H2,1-2H3. The van der Waals surface area contributed by atoms with Gasteiger partial charge in [0.15, 0.2) is 0 Å². The van der Waals surface area contributed by atoms with E-state index in [1.54, 1.807) is 61.1 Å². The predicted molar refractivity (Wildman–Crippen MR) is 127 cm³/mol. The topological polar surface area (TPSA) is 111 Å². The summed E-state index contributed by atoms with van der Waals surface area (Å²) in [5, 5.41) is 11.2. The molecule has 1 aliphatic heterocycles. The molecule has 180 valence electrons. The van der Waals surface area contributed by atoms with Gasteiger partial charge in [0.25, 0.3) is 11.7 Å². The van der Waals surface area contributed by atoms with Crippen molar-refractivity contribution >= 4 is 23.4 Å². The van der Waals surface area contributed by atoms with Crippen molar-refractivity contribution in [2.75, 3.05) is 20.8 Å². The van der Waals surface area contributed by atoms with Crippen LogP contribution in [0.1, 0.15) is 33.9 Å². The number of carbonyl (C=O) groups excluding carboxylic acids is 3. The van der Waals surface area contributed by atoms with Crippen LogP contribution < -0.4 is 4.74 Å². The second kappa shape index (κ2) is 10.3. The number of esters is 1. The number of hydrogen-bond donors (Lipinski definition) is 1. The van der Waals surface area contributed by atoms with Crippen molar-refractivity contribution in [1.29, 1.82) is 0 Å². The van der Waals surface area contributed by atoms with Crippen LogP contribution in [0.2, 0.25) is 0 Å². The first kappa shape index (κ1) is 23.7. The first-order valence-corrected chi connectivity index (χ1v) is 11.0. The van der Waals surface area contributed by atoms with Crippen LogP contribution in [-0.2, 0) is 20.9 Å². The van der Waals surface area contributed by atoms with Crippen molar-refractivity contribution in [1.82, 2.24) is 14.5 Å². The summed E-state index contributed by atoms with van der Waals surface area (Å²) in [6.45, 7) is 0.883. The van der Waals surface area contributed by atoms with Crippen LogP contribution in [0.5, 0.6) is 5.75 Å². The van der Waals surface area contributed by atoms with Crippen LogP contribution in [0.3, 0.4) is 0 Å². The zero-order valence-corrected chi connectivity index (χ0v) is 19.4. The van der Waals surface area contributed by atoms with Crippen LogP contribution in [-0.4, -0.2) is 58.0 Å². The highest BCUT2D eigenvalue weighted by atomic mass is 16.5. The van der Waals surface area contributed by atoms with Crippen molar-refractivity contribution in [3.8, 4) is 5.75 Å². The molecule has 35 heavy (non-hydrogen) atoms. The Morgan fingerprint density at radius 2 is 1.83 bits per heavy atom. The summed E-state index contributed by atoms with van der Waals surface area (Å²) in [4.78, 5) is 43.6. The van der Waals surface area contributed by atoms with Gasteiger partial charge in [0.05, 0.1) is 37.7 Å². The molecule has 0 aliphatic carbocycles. The molecule has 9 heteroatoms. The molecule has 1 fully saturated rings. The number of hydrogen-bond acceptors (Lipinski definition) is 7. The van der Waals surface area contributed by atoms with Gasteiger partial charge in [-0.1, -0.05) is 24.3 Å². The molecule has 0 spiro atoms. The Balaban J connectivity index is 1.74. The third-order valence-electron chi connectivity index (χ3n) is 5.91. The SMILES string of the molecule is COC(=O)c1ccc(C2C(=C(O)c3cccc(OC)c3)C(=O)C(=O)N2CCCn2ccnc2)cc1. The Kier molecular flexibility index (Phi) is 6.96. The van der Waals surface area contributed by atoms with Crippen LogP contribution in [0.4, 0.5) is 0 Å². The minimum Gasteiger partial charge on any atom is -0.507 e. The normalized spacial score (nSPS) is 17.0. The van der Waals surface area contributed by atoms with Gasteiger partial charge in [-0.3, -0.25) is 9.59 Å². The van der Waals surface area contributed by atoms with Crippen LogP contribution in [0.15, 0.2) is 72.8 Å². The molecule has 0 radical (unpaired) electrons. The lowest BCUT2D eigenvalue weighted by molar-refractivity contribution is -0.139. The second-order valence-electron chi connectivity index (χ2n) is 7.99. The quantitative estimate of drug-likeness (QED) is 0.231. The molecular weight excluding hydrogens is 450 g/mol. The maximum Gasteiger partial charge on any atom is 0.337 e. The molecule has 1 aliphatic rings. The van der Waals surface area contributed by atoms with Gasteiger partial charge in [0.1, 0.15) is 11.5 Å². The van der Waals surface area contributed by atoms with E-state index in [-0.39, 0.29) is 17.9 Å². The molecule has 1 saturated heterocycles. The second-order valence-corrected chi connectivity index (χ2v) is 7.99. The number of benzene rings is 2. The van der Waals surface area contributed by atoms with Crippen molar-refractivity contribution < 1.29 is 29.0 Å². The smallest absolute Gasteiger partial charge is 0.337 e. The number of carbonyl (C=O) groups is 3. The number of aliphatic hydroxyl groups excluding tert-OH is 1. The molecule has 1 aromatic heterocycles. The maximum atomic E-state index is 13.2.